The topological polar surface area (TPSA) is 38.9 Å². The van der Waals surface area contributed by atoms with E-state index in [1.807, 2.05) is 5.51 Å². The van der Waals surface area contributed by atoms with E-state index in [2.05, 4.69) is 11.9 Å². The van der Waals surface area contributed by atoms with E-state index in [1.54, 1.807) is 0 Å². The molecule has 11 heavy (non-hydrogen) atoms. The van der Waals surface area contributed by atoms with Crippen molar-refractivity contribution in [3.63, 3.8) is 0 Å². The SMILES string of the molecule is CCCCCc1ncsc1N. The minimum absolute atomic E-state index is 0.890. The molecule has 0 unspecified atom stereocenters. The summed E-state index contributed by atoms with van der Waals surface area (Å²) in [5.41, 5.74) is 8.58. The average molecular weight is 170 g/mol. The molecular formula is C8H14N2S. The maximum atomic E-state index is 5.68. The van der Waals surface area contributed by atoms with E-state index < -0.39 is 0 Å². The number of nitrogens with zero attached hydrogens (tertiary/aromatic N) is 1. The summed E-state index contributed by atoms with van der Waals surface area (Å²) in [6.07, 6.45) is 4.79. The Balaban J connectivity index is 2.32. The van der Waals surface area contributed by atoms with Crippen molar-refractivity contribution in [2.45, 2.75) is 32.6 Å². The third-order valence-electron chi connectivity index (χ3n) is 1.69. The van der Waals surface area contributed by atoms with Gasteiger partial charge in [-0.2, -0.15) is 0 Å². The lowest BCUT2D eigenvalue weighted by Gasteiger charge is -1.95. The van der Waals surface area contributed by atoms with Gasteiger partial charge in [0.25, 0.3) is 0 Å². The van der Waals surface area contributed by atoms with E-state index >= 15 is 0 Å². The summed E-state index contributed by atoms with van der Waals surface area (Å²) in [6, 6.07) is 0. The second kappa shape index (κ2) is 4.34. The van der Waals surface area contributed by atoms with Gasteiger partial charge in [0.1, 0.15) is 5.00 Å². The second-order valence-electron chi connectivity index (χ2n) is 2.62. The third-order valence-corrected chi connectivity index (χ3v) is 2.39. The van der Waals surface area contributed by atoms with E-state index in [0.29, 0.717) is 0 Å². The quantitative estimate of drug-likeness (QED) is 0.705. The molecule has 0 fully saturated rings. The van der Waals surface area contributed by atoms with Gasteiger partial charge in [-0.15, -0.1) is 11.3 Å². The molecule has 1 rings (SSSR count). The molecule has 1 heterocycles. The van der Waals surface area contributed by atoms with Gasteiger partial charge in [-0.05, 0) is 12.8 Å². The van der Waals surface area contributed by atoms with Gasteiger partial charge in [0.15, 0.2) is 0 Å². The number of rotatable bonds is 4. The Bertz CT molecular complexity index is 208. The maximum absolute atomic E-state index is 5.68. The van der Waals surface area contributed by atoms with Crippen LogP contribution >= 0.6 is 11.3 Å². The molecule has 3 heteroatoms. The fourth-order valence-corrected chi connectivity index (χ4v) is 1.59. The van der Waals surface area contributed by atoms with Gasteiger partial charge in [-0.3, -0.25) is 0 Å². The summed E-state index contributed by atoms with van der Waals surface area (Å²) < 4.78 is 0. The van der Waals surface area contributed by atoms with Gasteiger partial charge in [0.2, 0.25) is 0 Å². The first-order valence-corrected chi connectivity index (χ1v) is 4.90. The van der Waals surface area contributed by atoms with Crippen LogP contribution in [0, 0.1) is 0 Å². The van der Waals surface area contributed by atoms with Crippen molar-refractivity contribution in [1.29, 1.82) is 0 Å². The first kappa shape index (κ1) is 8.53. The Morgan fingerprint density at radius 3 is 2.91 bits per heavy atom. The van der Waals surface area contributed by atoms with E-state index in [9.17, 15) is 0 Å². The predicted octanol–water partition coefficient (Wildman–Crippen LogP) is 2.46. The molecule has 1 aromatic rings. The lowest BCUT2D eigenvalue weighted by Crippen LogP contribution is -1.91. The molecule has 0 atom stereocenters. The Kier molecular flexibility index (Phi) is 3.36. The van der Waals surface area contributed by atoms with Crippen molar-refractivity contribution < 1.29 is 0 Å². The molecule has 0 aliphatic carbocycles. The zero-order valence-corrected chi connectivity index (χ0v) is 7.66. The van der Waals surface area contributed by atoms with Crippen LogP contribution < -0.4 is 5.73 Å². The number of anilines is 1. The van der Waals surface area contributed by atoms with Gasteiger partial charge >= 0.3 is 0 Å². The first-order chi connectivity index (χ1) is 5.34. The van der Waals surface area contributed by atoms with Crippen LogP contribution in [0.4, 0.5) is 5.00 Å². The molecule has 0 saturated heterocycles. The number of hydrogen-bond donors (Lipinski definition) is 1. The van der Waals surface area contributed by atoms with Crippen LogP contribution in [0.25, 0.3) is 0 Å². The van der Waals surface area contributed by atoms with E-state index in [4.69, 9.17) is 5.73 Å². The van der Waals surface area contributed by atoms with Crippen molar-refractivity contribution >= 4 is 16.3 Å². The molecule has 0 amide bonds. The summed E-state index contributed by atoms with van der Waals surface area (Å²) in [7, 11) is 0. The maximum Gasteiger partial charge on any atom is 0.109 e. The Morgan fingerprint density at radius 1 is 1.55 bits per heavy atom. The molecule has 0 saturated carbocycles. The smallest absolute Gasteiger partial charge is 0.109 e. The second-order valence-corrected chi connectivity index (χ2v) is 3.51. The zero-order valence-electron chi connectivity index (χ0n) is 6.84. The molecule has 0 bridgehead atoms. The molecule has 0 aromatic carbocycles. The van der Waals surface area contributed by atoms with Gasteiger partial charge in [0, 0.05) is 0 Å². The highest BCUT2D eigenvalue weighted by Gasteiger charge is 2.00. The highest BCUT2D eigenvalue weighted by molar-refractivity contribution is 7.13. The molecule has 2 N–H and O–H groups in total. The number of aryl methyl sites for hydroxylation is 1. The number of thiazole rings is 1. The summed E-state index contributed by atoms with van der Waals surface area (Å²) >= 11 is 1.53. The molecule has 0 spiro atoms. The van der Waals surface area contributed by atoms with E-state index in [0.717, 1.165) is 17.1 Å². The standard InChI is InChI=1S/C8H14N2S/c1-2-3-4-5-7-8(9)11-6-10-7/h6H,2-5,9H2,1H3. The third kappa shape index (κ3) is 2.50. The average Bonchev–Trinajstić information content (AvgIpc) is 2.37. The number of nitrogen functional groups attached to an aromatic ring is 1. The van der Waals surface area contributed by atoms with Crippen molar-refractivity contribution in [2.24, 2.45) is 0 Å². The minimum atomic E-state index is 0.890. The van der Waals surface area contributed by atoms with Crippen LogP contribution in [-0.4, -0.2) is 4.98 Å². The number of hydrogen-bond acceptors (Lipinski definition) is 3. The summed E-state index contributed by atoms with van der Waals surface area (Å²) in [5.74, 6) is 0. The number of unbranched alkanes of at least 4 members (excludes halogenated alkanes) is 2. The van der Waals surface area contributed by atoms with Crippen molar-refractivity contribution in [1.82, 2.24) is 4.98 Å². The summed E-state index contributed by atoms with van der Waals surface area (Å²) in [6.45, 7) is 2.20. The fraction of sp³-hybridized carbons (Fsp3) is 0.625. The van der Waals surface area contributed by atoms with Crippen LogP contribution in [-0.2, 0) is 6.42 Å². The number of aromatic nitrogens is 1. The van der Waals surface area contributed by atoms with Crippen molar-refractivity contribution in [3.05, 3.63) is 11.2 Å². The molecule has 0 aliphatic heterocycles. The first-order valence-electron chi connectivity index (χ1n) is 4.02. The van der Waals surface area contributed by atoms with Crippen LogP contribution in [0.3, 0.4) is 0 Å². The monoisotopic (exact) mass is 170 g/mol. The van der Waals surface area contributed by atoms with Gasteiger partial charge in [-0.25, -0.2) is 4.98 Å². The molecule has 1 aromatic heterocycles. The highest BCUT2D eigenvalue weighted by atomic mass is 32.1. The fourth-order valence-electron chi connectivity index (χ4n) is 1.01. The Labute approximate surface area is 71.5 Å². The Hall–Kier alpha value is -0.570. The van der Waals surface area contributed by atoms with Crippen LogP contribution in [0.2, 0.25) is 0 Å². The lowest BCUT2D eigenvalue weighted by molar-refractivity contribution is 0.710. The highest BCUT2D eigenvalue weighted by Crippen LogP contribution is 2.17. The molecular weight excluding hydrogens is 156 g/mol. The van der Waals surface area contributed by atoms with Crippen LogP contribution in [0.1, 0.15) is 31.9 Å². The Morgan fingerprint density at radius 2 is 2.36 bits per heavy atom. The van der Waals surface area contributed by atoms with Gasteiger partial charge < -0.3 is 5.73 Å². The largest absolute Gasteiger partial charge is 0.389 e. The lowest BCUT2D eigenvalue weighted by atomic mass is 10.2. The zero-order chi connectivity index (χ0) is 8.10. The molecule has 62 valence electrons. The molecule has 0 aliphatic rings. The van der Waals surface area contributed by atoms with Gasteiger partial charge in [0.05, 0.1) is 11.2 Å². The molecule has 2 nitrogen and oxygen atoms in total. The summed E-state index contributed by atoms with van der Waals surface area (Å²) in [4.78, 5) is 4.18. The minimum Gasteiger partial charge on any atom is -0.389 e. The van der Waals surface area contributed by atoms with Crippen molar-refractivity contribution in [3.8, 4) is 0 Å². The normalized spacial score (nSPS) is 10.3. The molecule has 0 radical (unpaired) electrons. The van der Waals surface area contributed by atoms with Crippen molar-refractivity contribution in [2.75, 3.05) is 5.73 Å². The van der Waals surface area contributed by atoms with Crippen LogP contribution in [0.15, 0.2) is 5.51 Å². The van der Waals surface area contributed by atoms with Gasteiger partial charge in [-0.1, -0.05) is 19.8 Å². The van der Waals surface area contributed by atoms with E-state index in [1.165, 1.54) is 30.6 Å². The predicted molar refractivity (Wildman–Crippen MR) is 49.8 cm³/mol. The summed E-state index contributed by atoms with van der Waals surface area (Å²) in [5, 5.41) is 0.890. The number of nitrogens with two attached hydrogens (primary N) is 1. The van der Waals surface area contributed by atoms with Crippen LogP contribution in [0.5, 0.6) is 0 Å². The van der Waals surface area contributed by atoms with E-state index in [-0.39, 0.29) is 0 Å².